The number of carboxylic acids is 1. The number of likely N-dealkylation sites (tertiary alicyclic amines) is 1. The van der Waals surface area contributed by atoms with E-state index in [9.17, 15) is 18.0 Å². The van der Waals surface area contributed by atoms with Crippen molar-refractivity contribution in [3.8, 4) is 0 Å². The molecule has 11 heteroatoms. The van der Waals surface area contributed by atoms with Gasteiger partial charge < -0.3 is 20.1 Å². The van der Waals surface area contributed by atoms with Gasteiger partial charge in [0.05, 0.1) is 18.9 Å². The summed E-state index contributed by atoms with van der Waals surface area (Å²) in [6.45, 7) is 4.06. The zero-order valence-electron chi connectivity index (χ0n) is 15.6. The third-order valence-corrected chi connectivity index (χ3v) is 5.25. The maximum atomic E-state index is 12.2. The highest BCUT2D eigenvalue weighted by Crippen LogP contribution is 2.38. The minimum Gasteiger partial charge on any atom is -0.475 e. The monoisotopic (exact) mass is 416 g/mol. The number of aliphatic carboxylic acids is 1. The van der Waals surface area contributed by atoms with Gasteiger partial charge in [0.2, 0.25) is 5.91 Å². The van der Waals surface area contributed by atoms with Gasteiger partial charge in [-0.25, -0.2) is 9.78 Å². The Bertz CT molecular complexity index is 715. The Labute approximate surface area is 165 Å². The summed E-state index contributed by atoms with van der Waals surface area (Å²) in [5.41, 5.74) is 0. The first-order valence-electron chi connectivity index (χ1n) is 9.42. The van der Waals surface area contributed by atoms with Crippen LogP contribution in [0.2, 0.25) is 0 Å². The summed E-state index contributed by atoms with van der Waals surface area (Å²) in [5, 5.41) is 9.95. The first-order chi connectivity index (χ1) is 13.7. The Balaban J connectivity index is 0.000000298. The van der Waals surface area contributed by atoms with Crippen LogP contribution in [-0.2, 0) is 14.3 Å². The molecule has 3 fully saturated rings. The number of anilines is 1. The van der Waals surface area contributed by atoms with Crippen molar-refractivity contribution in [2.75, 3.05) is 31.6 Å². The van der Waals surface area contributed by atoms with Gasteiger partial charge >= 0.3 is 12.1 Å². The third kappa shape index (κ3) is 6.36. The number of carboxylic acid groups (broad SMARTS) is 1. The molecule has 1 aromatic rings. The first kappa shape index (κ1) is 21.4. The van der Waals surface area contributed by atoms with Crippen LogP contribution >= 0.6 is 0 Å². The minimum atomic E-state index is -5.08. The van der Waals surface area contributed by atoms with Crippen molar-refractivity contribution in [2.24, 2.45) is 17.8 Å². The largest absolute Gasteiger partial charge is 0.490 e. The molecule has 3 atom stereocenters. The van der Waals surface area contributed by atoms with Crippen LogP contribution in [0.3, 0.4) is 0 Å². The summed E-state index contributed by atoms with van der Waals surface area (Å²) >= 11 is 0. The summed E-state index contributed by atoms with van der Waals surface area (Å²) in [6, 6.07) is 0. The summed E-state index contributed by atoms with van der Waals surface area (Å²) in [5.74, 6) is -0.484. The van der Waals surface area contributed by atoms with E-state index in [-0.39, 0.29) is 5.91 Å². The lowest BCUT2D eigenvalue weighted by molar-refractivity contribution is -0.192. The molecule has 0 aromatic carbocycles. The number of aromatic nitrogens is 2. The van der Waals surface area contributed by atoms with Gasteiger partial charge in [-0.15, -0.1) is 0 Å². The number of nitrogens with zero attached hydrogens (tertiary/aromatic N) is 3. The number of amides is 1. The van der Waals surface area contributed by atoms with Crippen LogP contribution < -0.4 is 5.32 Å². The Morgan fingerprint density at radius 3 is 2.59 bits per heavy atom. The second-order valence-electron chi connectivity index (χ2n) is 7.60. The summed E-state index contributed by atoms with van der Waals surface area (Å²) in [6.07, 6.45) is 3.27. The van der Waals surface area contributed by atoms with E-state index in [0.717, 1.165) is 19.0 Å². The van der Waals surface area contributed by atoms with Gasteiger partial charge in [-0.2, -0.15) is 13.2 Å². The lowest BCUT2D eigenvalue weighted by Gasteiger charge is -2.19. The zero-order valence-corrected chi connectivity index (χ0v) is 15.6. The fraction of sp³-hybridized carbons (Fsp3) is 0.667. The number of carbonyl (C=O) groups is 2. The Kier molecular flexibility index (Phi) is 6.68. The van der Waals surface area contributed by atoms with Crippen molar-refractivity contribution in [3.63, 3.8) is 0 Å². The molecule has 3 heterocycles. The van der Waals surface area contributed by atoms with E-state index >= 15 is 0 Å². The van der Waals surface area contributed by atoms with E-state index in [1.54, 1.807) is 18.6 Å². The van der Waals surface area contributed by atoms with Crippen molar-refractivity contribution in [2.45, 2.75) is 31.5 Å². The van der Waals surface area contributed by atoms with Crippen molar-refractivity contribution >= 4 is 17.7 Å². The van der Waals surface area contributed by atoms with Crippen LogP contribution in [0.1, 0.15) is 19.3 Å². The molecule has 2 aliphatic heterocycles. The molecule has 1 aliphatic carbocycles. The molecule has 160 valence electrons. The Morgan fingerprint density at radius 2 is 2.00 bits per heavy atom. The number of alkyl halides is 3. The first-order valence-corrected chi connectivity index (χ1v) is 9.42. The molecule has 1 saturated carbocycles. The number of ether oxygens (including phenoxy) is 1. The van der Waals surface area contributed by atoms with Gasteiger partial charge in [-0.3, -0.25) is 9.78 Å². The van der Waals surface area contributed by atoms with Crippen LogP contribution in [0.25, 0.3) is 0 Å². The minimum absolute atomic E-state index is 0.00962. The lowest BCUT2D eigenvalue weighted by atomic mass is 9.90. The number of rotatable bonds is 5. The summed E-state index contributed by atoms with van der Waals surface area (Å²) in [4.78, 5) is 31.6. The van der Waals surface area contributed by atoms with E-state index in [4.69, 9.17) is 14.6 Å². The average Bonchev–Trinajstić information content (AvgIpc) is 3.25. The zero-order chi connectivity index (χ0) is 21.0. The fourth-order valence-electron chi connectivity index (χ4n) is 3.70. The van der Waals surface area contributed by atoms with Crippen LogP contribution in [0, 0.1) is 17.8 Å². The van der Waals surface area contributed by atoms with Crippen LogP contribution in [-0.4, -0.2) is 70.4 Å². The molecule has 29 heavy (non-hydrogen) atoms. The van der Waals surface area contributed by atoms with Crippen molar-refractivity contribution < 1.29 is 32.6 Å². The number of hydrogen-bond donors (Lipinski definition) is 2. The molecule has 1 aromatic heterocycles. The topological polar surface area (TPSA) is 105 Å². The highest BCUT2D eigenvalue weighted by Gasteiger charge is 2.45. The predicted octanol–water partition coefficient (Wildman–Crippen LogP) is 1.80. The molecule has 1 amide bonds. The van der Waals surface area contributed by atoms with E-state index < -0.39 is 12.1 Å². The molecule has 4 rings (SSSR count). The number of carbonyl (C=O) groups excluding carboxylic acids is 1. The van der Waals surface area contributed by atoms with E-state index in [1.165, 1.54) is 19.4 Å². The fourth-order valence-corrected chi connectivity index (χ4v) is 3.70. The second-order valence-corrected chi connectivity index (χ2v) is 7.60. The molecule has 8 nitrogen and oxygen atoms in total. The highest BCUT2D eigenvalue weighted by molar-refractivity contribution is 5.89. The molecule has 0 bridgehead atoms. The number of nitrogens with one attached hydrogen (secondary N) is 1. The Morgan fingerprint density at radius 1 is 1.28 bits per heavy atom. The Hall–Kier alpha value is -2.27. The summed E-state index contributed by atoms with van der Waals surface area (Å²) < 4.78 is 37.7. The predicted molar refractivity (Wildman–Crippen MR) is 94.9 cm³/mol. The molecular formula is C18H23F3N4O4. The molecule has 0 spiro atoms. The van der Waals surface area contributed by atoms with Gasteiger partial charge in [0.25, 0.3) is 0 Å². The second kappa shape index (κ2) is 9.04. The van der Waals surface area contributed by atoms with Gasteiger partial charge in [0.1, 0.15) is 0 Å². The van der Waals surface area contributed by atoms with E-state index in [0.29, 0.717) is 36.8 Å². The van der Waals surface area contributed by atoms with Crippen LogP contribution in [0.15, 0.2) is 18.6 Å². The van der Waals surface area contributed by atoms with Crippen molar-refractivity contribution in [1.82, 2.24) is 14.9 Å². The molecule has 2 saturated heterocycles. The van der Waals surface area contributed by atoms with Gasteiger partial charge in [-0.05, 0) is 24.7 Å². The standard InChI is InChI=1S/C16H22N4O2.C2HF3O2/c21-16(19-15-6-17-3-4-18-15)5-12-10-22-14-9-20(8-13(12)14)7-11-1-2-11;3-2(4,5)1(6)7/h3-4,6,11-14H,1-2,5,7-10H2,(H,18,19,21);(H,6,7)/t12-,13-,14-;/m1./s1. The smallest absolute Gasteiger partial charge is 0.475 e. The SMILES string of the molecule is O=C(C[C@@H]1CO[C@@H]2CN(CC3CC3)C[C@H]12)Nc1cnccn1.O=C(O)C(F)(F)F. The maximum Gasteiger partial charge on any atom is 0.490 e. The molecule has 2 N–H and O–H groups in total. The van der Waals surface area contributed by atoms with Gasteiger partial charge in [0.15, 0.2) is 5.82 Å². The van der Waals surface area contributed by atoms with E-state index in [1.807, 2.05) is 0 Å². The molecule has 0 unspecified atom stereocenters. The normalized spacial score (nSPS) is 26.4. The number of hydrogen-bond acceptors (Lipinski definition) is 6. The molecule has 3 aliphatic rings. The van der Waals surface area contributed by atoms with Gasteiger partial charge in [0, 0.05) is 44.4 Å². The van der Waals surface area contributed by atoms with E-state index in [2.05, 4.69) is 20.2 Å². The highest BCUT2D eigenvalue weighted by atomic mass is 19.4. The lowest BCUT2D eigenvalue weighted by Crippen LogP contribution is -2.28. The number of fused-ring (bicyclic) bond motifs is 1. The maximum absolute atomic E-state index is 12.2. The van der Waals surface area contributed by atoms with Crippen molar-refractivity contribution in [3.05, 3.63) is 18.6 Å². The average molecular weight is 416 g/mol. The molecular weight excluding hydrogens is 393 g/mol. The van der Waals surface area contributed by atoms with Crippen molar-refractivity contribution in [1.29, 1.82) is 0 Å². The third-order valence-electron chi connectivity index (χ3n) is 5.25. The molecule has 0 radical (unpaired) electrons. The summed E-state index contributed by atoms with van der Waals surface area (Å²) in [7, 11) is 0. The van der Waals surface area contributed by atoms with Gasteiger partial charge in [-0.1, -0.05) is 0 Å². The van der Waals surface area contributed by atoms with Crippen LogP contribution in [0.5, 0.6) is 0 Å². The van der Waals surface area contributed by atoms with Crippen LogP contribution in [0.4, 0.5) is 19.0 Å². The quantitative estimate of drug-likeness (QED) is 0.754. The number of halogens is 3.